The molecule has 0 saturated heterocycles. The number of carbonyl (C=O) groups excluding carboxylic acids is 1. The van der Waals surface area contributed by atoms with Gasteiger partial charge < -0.3 is 10.3 Å². The fourth-order valence-corrected chi connectivity index (χ4v) is 1.91. The number of hydrogen-bond donors (Lipinski definition) is 2. The highest BCUT2D eigenvalue weighted by Gasteiger charge is 2.23. The first-order valence-electron chi connectivity index (χ1n) is 6.41. The number of hydrazine groups is 1. The van der Waals surface area contributed by atoms with Crippen LogP contribution in [0.25, 0.3) is 0 Å². The largest absolute Gasteiger partial charge is 0.341 e. The summed E-state index contributed by atoms with van der Waals surface area (Å²) in [5, 5.41) is 10.9. The molecule has 0 aliphatic carbocycles. The number of nitrogens with zero attached hydrogens (tertiary/aromatic N) is 2. The van der Waals surface area contributed by atoms with Crippen molar-refractivity contribution in [2.75, 3.05) is 19.0 Å². The lowest BCUT2D eigenvalue weighted by Gasteiger charge is -2.21. The summed E-state index contributed by atoms with van der Waals surface area (Å²) in [7, 11) is 1.67. The first kappa shape index (κ1) is 15.9. The Morgan fingerprint density at radius 1 is 1.55 bits per heavy atom. The number of para-hydroxylation sites is 1. The van der Waals surface area contributed by atoms with E-state index in [1.807, 2.05) is 13.8 Å². The van der Waals surface area contributed by atoms with Crippen molar-refractivity contribution in [3.05, 3.63) is 33.9 Å². The average Bonchev–Trinajstić information content (AvgIpc) is 2.44. The third-order valence-corrected chi connectivity index (χ3v) is 3.24. The van der Waals surface area contributed by atoms with Gasteiger partial charge in [-0.25, -0.2) is 0 Å². The van der Waals surface area contributed by atoms with Gasteiger partial charge >= 0.3 is 0 Å². The van der Waals surface area contributed by atoms with Gasteiger partial charge in [0.15, 0.2) is 0 Å². The molecule has 0 heterocycles. The Labute approximate surface area is 117 Å². The van der Waals surface area contributed by atoms with Gasteiger partial charge in [0.25, 0.3) is 11.6 Å². The van der Waals surface area contributed by atoms with E-state index >= 15 is 0 Å². The number of nitrogen functional groups attached to an aromatic ring is 1. The second-order valence-corrected chi connectivity index (χ2v) is 4.80. The van der Waals surface area contributed by atoms with Crippen molar-refractivity contribution in [2.45, 2.75) is 20.3 Å². The quantitative estimate of drug-likeness (QED) is 0.471. The molecule has 1 atom stereocenters. The fraction of sp³-hybridized carbons (Fsp3) is 0.462. The minimum Gasteiger partial charge on any atom is -0.341 e. The van der Waals surface area contributed by atoms with E-state index in [4.69, 9.17) is 5.84 Å². The van der Waals surface area contributed by atoms with Crippen molar-refractivity contribution in [1.82, 2.24) is 4.90 Å². The number of carbonyl (C=O) groups is 1. The van der Waals surface area contributed by atoms with Crippen molar-refractivity contribution in [1.29, 1.82) is 0 Å². The number of benzene rings is 1. The Morgan fingerprint density at radius 2 is 2.20 bits per heavy atom. The van der Waals surface area contributed by atoms with Crippen LogP contribution in [-0.2, 0) is 0 Å². The van der Waals surface area contributed by atoms with Crippen LogP contribution in [-0.4, -0.2) is 29.3 Å². The number of anilines is 1. The van der Waals surface area contributed by atoms with Gasteiger partial charge in [0.05, 0.1) is 10.5 Å². The summed E-state index contributed by atoms with van der Waals surface area (Å²) < 4.78 is 0. The smallest absolute Gasteiger partial charge is 0.294 e. The molecule has 1 aromatic rings. The van der Waals surface area contributed by atoms with Gasteiger partial charge in [0.1, 0.15) is 5.69 Å². The van der Waals surface area contributed by atoms with E-state index in [-0.39, 0.29) is 22.8 Å². The molecule has 0 fully saturated rings. The molecule has 0 spiro atoms. The first-order valence-corrected chi connectivity index (χ1v) is 6.41. The third kappa shape index (κ3) is 3.45. The highest BCUT2D eigenvalue weighted by molar-refractivity contribution is 6.01. The zero-order valence-corrected chi connectivity index (χ0v) is 11.9. The molecule has 3 N–H and O–H groups in total. The molecule has 1 amide bonds. The van der Waals surface area contributed by atoms with Crippen molar-refractivity contribution in [3.8, 4) is 0 Å². The zero-order chi connectivity index (χ0) is 15.3. The van der Waals surface area contributed by atoms with E-state index in [2.05, 4.69) is 5.43 Å². The second kappa shape index (κ2) is 6.85. The number of amides is 1. The van der Waals surface area contributed by atoms with Crippen LogP contribution in [0.2, 0.25) is 0 Å². The number of hydrogen-bond acceptors (Lipinski definition) is 5. The Morgan fingerprint density at radius 3 is 2.70 bits per heavy atom. The van der Waals surface area contributed by atoms with Crippen molar-refractivity contribution in [3.63, 3.8) is 0 Å². The van der Waals surface area contributed by atoms with Crippen molar-refractivity contribution < 1.29 is 9.72 Å². The minimum atomic E-state index is -0.569. The lowest BCUT2D eigenvalue weighted by atomic mass is 10.1. The predicted molar refractivity (Wildman–Crippen MR) is 77.3 cm³/mol. The third-order valence-electron chi connectivity index (χ3n) is 3.24. The van der Waals surface area contributed by atoms with Crippen LogP contribution in [0, 0.1) is 16.0 Å². The number of nitrogens with one attached hydrogen (secondary N) is 1. The molecular weight excluding hydrogens is 260 g/mol. The summed E-state index contributed by atoms with van der Waals surface area (Å²) in [6.45, 7) is 4.67. The number of nitrogens with two attached hydrogens (primary N) is 1. The molecule has 0 aliphatic heterocycles. The summed E-state index contributed by atoms with van der Waals surface area (Å²) in [5.41, 5.74) is 2.29. The molecule has 7 nitrogen and oxygen atoms in total. The van der Waals surface area contributed by atoms with Crippen LogP contribution in [0.1, 0.15) is 30.6 Å². The van der Waals surface area contributed by atoms with E-state index < -0.39 is 4.92 Å². The molecule has 1 unspecified atom stereocenters. The standard InChI is InChI=1S/C13H20N4O3/c1-4-9(2)8-16(3)13(18)10-6-5-7-11(17(19)20)12(10)15-14/h5-7,9,15H,4,8,14H2,1-3H3. The van der Waals surface area contributed by atoms with Crippen LogP contribution < -0.4 is 11.3 Å². The summed E-state index contributed by atoms with van der Waals surface area (Å²) in [6.07, 6.45) is 0.953. The van der Waals surface area contributed by atoms with E-state index in [0.29, 0.717) is 12.5 Å². The molecule has 0 saturated carbocycles. The SMILES string of the molecule is CCC(C)CN(C)C(=O)c1cccc([N+](=O)[O-])c1NN. The van der Waals surface area contributed by atoms with Crippen LogP contribution in [0.4, 0.5) is 11.4 Å². The highest BCUT2D eigenvalue weighted by Crippen LogP contribution is 2.28. The fourth-order valence-electron chi connectivity index (χ4n) is 1.91. The molecule has 7 heteroatoms. The van der Waals surface area contributed by atoms with E-state index in [1.54, 1.807) is 11.9 Å². The number of nitro benzene ring substituents is 1. The van der Waals surface area contributed by atoms with E-state index in [0.717, 1.165) is 6.42 Å². The zero-order valence-electron chi connectivity index (χ0n) is 11.9. The summed E-state index contributed by atoms with van der Waals surface area (Å²) in [5.74, 6) is 5.40. The van der Waals surface area contributed by atoms with Crippen LogP contribution in [0.5, 0.6) is 0 Å². The Balaban J connectivity index is 3.09. The molecule has 0 radical (unpaired) electrons. The number of nitro groups is 1. The monoisotopic (exact) mass is 280 g/mol. The van der Waals surface area contributed by atoms with Crippen molar-refractivity contribution in [2.24, 2.45) is 11.8 Å². The summed E-state index contributed by atoms with van der Waals surface area (Å²) in [6, 6.07) is 4.31. The maximum absolute atomic E-state index is 12.4. The molecular formula is C13H20N4O3. The van der Waals surface area contributed by atoms with Gasteiger partial charge in [0.2, 0.25) is 0 Å². The van der Waals surface area contributed by atoms with Gasteiger partial charge in [-0.05, 0) is 12.0 Å². The van der Waals surface area contributed by atoms with E-state index in [9.17, 15) is 14.9 Å². The maximum atomic E-state index is 12.4. The lowest BCUT2D eigenvalue weighted by molar-refractivity contribution is -0.384. The molecule has 110 valence electrons. The first-order chi connectivity index (χ1) is 9.42. The maximum Gasteiger partial charge on any atom is 0.294 e. The summed E-state index contributed by atoms with van der Waals surface area (Å²) >= 11 is 0. The lowest BCUT2D eigenvalue weighted by Crippen LogP contribution is -2.31. The molecule has 0 aliphatic rings. The van der Waals surface area contributed by atoms with Gasteiger partial charge in [-0.15, -0.1) is 0 Å². The Hall–Kier alpha value is -2.15. The predicted octanol–water partition coefficient (Wildman–Crippen LogP) is 2.00. The van der Waals surface area contributed by atoms with Crippen LogP contribution in [0.3, 0.4) is 0 Å². The average molecular weight is 280 g/mol. The Bertz CT molecular complexity index is 504. The molecule has 1 aromatic carbocycles. The van der Waals surface area contributed by atoms with E-state index in [1.165, 1.54) is 18.2 Å². The molecule has 20 heavy (non-hydrogen) atoms. The van der Waals surface area contributed by atoms with Crippen LogP contribution in [0.15, 0.2) is 18.2 Å². The summed E-state index contributed by atoms with van der Waals surface area (Å²) in [4.78, 5) is 24.3. The molecule has 1 rings (SSSR count). The molecule has 0 bridgehead atoms. The number of rotatable bonds is 6. The van der Waals surface area contributed by atoms with Gasteiger partial charge in [-0.3, -0.25) is 20.8 Å². The van der Waals surface area contributed by atoms with Crippen LogP contribution >= 0.6 is 0 Å². The highest BCUT2D eigenvalue weighted by atomic mass is 16.6. The molecule has 0 aromatic heterocycles. The van der Waals surface area contributed by atoms with Crippen molar-refractivity contribution >= 4 is 17.3 Å². The second-order valence-electron chi connectivity index (χ2n) is 4.80. The minimum absolute atomic E-state index is 0.0403. The topological polar surface area (TPSA) is 102 Å². The Kier molecular flexibility index (Phi) is 5.45. The van der Waals surface area contributed by atoms with Gasteiger partial charge in [0, 0.05) is 19.7 Å². The normalized spacial score (nSPS) is 11.8. The van der Waals surface area contributed by atoms with Gasteiger partial charge in [-0.1, -0.05) is 26.3 Å². The van der Waals surface area contributed by atoms with Gasteiger partial charge in [-0.2, -0.15) is 0 Å².